The van der Waals surface area contributed by atoms with Crippen LogP contribution in [0.25, 0.3) is 0 Å². The fraction of sp³-hybridized carbons (Fsp3) is 0.588. The fourth-order valence-corrected chi connectivity index (χ4v) is 3.81. The van der Waals surface area contributed by atoms with Gasteiger partial charge in [0.2, 0.25) is 5.91 Å². The lowest BCUT2D eigenvalue weighted by Crippen LogP contribution is -2.54. The van der Waals surface area contributed by atoms with E-state index in [2.05, 4.69) is 11.9 Å². The zero-order valence-corrected chi connectivity index (χ0v) is 12.7. The van der Waals surface area contributed by atoms with Crippen LogP contribution in [0.1, 0.15) is 24.8 Å². The highest BCUT2D eigenvalue weighted by atomic mass is 16.3. The highest BCUT2D eigenvalue weighted by Crippen LogP contribution is 2.30. The summed E-state index contributed by atoms with van der Waals surface area (Å²) in [6.45, 7) is 2.91. The number of likely N-dealkylation sites (tertiary alicyclic amines) is 2. The highest BCUT2D eigenvalue weighted by molar-refractivity contribution is 5.79. The molecule has 2 fully saturated rings. The van der Waals surface area contributed by atoms with Gasteiger partial charge in [0.25, 0.3) is 0 Å². The molecule has 4 nitrogen and oxygen atoms in total. The molecule has 4 heteroatoms. The molecule has 21 heavy (non-hydrogen) atoms. The lowest BCUT2D eigenvalue weighted by Gasteiger charge is -2.46. The lowest BCUT2D eigenvalue weighted by atomic mass is 9.84. The maximum absolute atomic E-state index is 12.5. The van der Waals surface area contributed by atoms with Gasteiger partial charge in [0.1, 0.15) is 5.75 Å². The van der Waals surface area contributed by atoms with E-state index in [0.717, 1.165) is 25.1 Å². The minimum Gasteiger partial charge on any atom is -0.508 e. The summed E-state index contributed by atoms with van der Waals surface area (Å²) in [6.07, 6.45) is 3.85. The molecule has 0 saturated carbocycles. The van der Waals surface area contributed by atoms with Crippen LogP contribution in [0.2, 0.25) is 0 Å². The quantitative estimate of drug-likeness (QED) is 0.903. The minimum atomic E-state index is 0.142. The zero-order valence-electron chi connectivity index (χ0n) is 12.7. The largest absolute Gasteiger partial charge is 0.508 e. The third kappa shape index (κ3) is 3.05. The van der Waals surface area contributed by atoms with Gasteiger partial charge in [0.15, 0.2) is 0 Å². The number of para-hydroxylation sites is 1. The number of aromatic hydroxyl groups is 1. The average Bonchev–Trinajstić information content (AvgIpc) is 2.49. The summed E-state index contributed by atoms with van der Waals surface area (Å²) in [4.78, 5) is 16.9. The molecule has 2 atom stereocenters. The van der Waals surface area contributed by atoms with E-state index in [1.165, 1.54) is 19.4 Å². The lowest BCUT2D eigenvalue weighted by molar-refractivity contribution is -0.134. The van der Waals surface area contributed by atoms with E-state index < -0.39 is 0 Å². The summed E-state index contributed by atoms with van der Waals surface area (Å²) in [6, 6.07) is 7.77. The predicted octanol–water partition coefficient (Wildman–Crippen LogP) is 1.88. The second-order valence-electron chi connectivity index (χ2n) is 6.38. The molecule has 2 aliphatic rings. The van der Waals surface area contributed by atoms with E-state index >= 15 is 0 Å². The monoisotopic (exact) mass is 288 g/mol. The SMILES string of the molecule is CN1CCCC2CN(C(=O)Cc3ccccc3O)CCC21. The summed E-state index contributed by atoms with van der Waals surface area (Å²) in [5, 5.41) is 9.80. The van der Waals surface area contributed by atoms with Gasteiger partial charge in [-0.1, -0.05) is 18.2 Å². The van der Waals surface area contributed by atoms with Gasteiger partial charge in [-0.05, 0) is 44.8 Å². The maximum atomic E-state index is 12.5. The second-order valence-corrected chi connectivity index (χ2v) is 6.38. The van der Waals surface area contributed by atoms with Crippen LogP contribution in [-0.4, -0.2) is 53.5 Å². The van der Waals surface area contributed by atoms with Crippen molar-refractivity contribution in [1.82, 2.24) is 9.80 Å². The van der Waals surface area contributed by atoms with Crippen LogP contribution >= 0.6 is 0 Å². The fourth-order valence-electron chi connectivity index (χ4n) is 3.81. The molecule has 0 bridgehead atoms. The maximum Gasteiger partial charge on any atom is 0.227 e. The first-order valence-corrected chi connectivity index (χ1v) is 7.90. The zero-order chi connectivity index (χ0) is 14.8. The third-order valence-corrected chi connectivity index (χ3v) is 5.03. The number of carbonyl (C=O) groups excluding carboxylic acids is 1. The van der Waals surface area contributed by atoms with Gasteiger partial charge in [-0.25, -0.2) is 0 Å². The second kappa shape index (κ2) is 6.06. The Labute approximate surface area is 126 Å². The topological polar surface area (TPSA) is 43.8 Å². The molecule has 0 aromatic heterocycles. The van der Waals surface area contributed by atoms with Crippen molar-refractivity contribution in [1.29, 1.82) is 0 Å². The van der Waals surface area contributed by atoms with E-state index in [-0.39, 0.29) is 11.7 Å². The predicted molar refractivity (Wildman–Crippen MR) is 82.1 cm³/mol. The molecule has 2 unspecified atom stereocenters. The number of phenolic OH excluding ortho intramolecular Hbond substituents is 1. The Morgan fingerprint density at radius 3 is 2.90 bits per heavy atom. The van der Waals surface area contributed by atoms with E-state index in [9.17, 15) is 9.90 Å². The van der Waals surface area contributed by atoms with Crippen LogP contribution in [0.3, 0.4) is 0 Å². The Kier molecular flexibility index (Phi) is 4.15. The van der Waals surface area contributed by atoms with Crippen LogP contribution in [0.15, 0.2) is 24.3 Å². The molecule has 0 aliphatic carbocycles. The first-order valence-electron chi connectivity index (χ1n) is 7.90. The summed E-state index contributed by atoms with van der Waals surface area (Å²) in [5.74, 6) is 0.979. The third-order valence-electron chi connectivity index (χ3n) is 5.03. The Bertz CT molecular complexity index is 517. The van der Waals surface area contributed by atoms with Crippen molar-refractivity contribution in [3.05, 3.63) is 29.8 Å². The molecule has 2 saturated heterocycles. The van der Waals surface area contributed by atoms with Gasteiger partial charge in [-0.3, -0.25) is 4.79 Å². The van der Waals surface area contributed by atoms with Crippen molar-refractivity contribution in [2.45, 2.75) is 31.7 Å². The Balaban J connectivity index is 1.63. The van der Waals surface area contributed by atoms with Crippen LogP contribution in [-0.2, 0) is 11.2 Å². The smallest absolute Gasteiger partial charge is 0.227 e. The number of piperidine rings is 2. The Morgan fingerprint density at radius 1 is 1.29 bits per heavy atom. The molecule has 1 N–H and O–H groups in total. The number of amides is 1. The number of rotatable bonds is 2. The van der Waals surface area contributed by atoms with Crippen molar-refractivity contribution >= 4 is 5.91 Å². The van der Waals surface area contributed by atoms with E-state index in [4.69, 9.17) is 0 Å². The first-order chi connectivity index (χ1) is 10.1. The van der Waals surface area contributed by atoms with Crippen molar-refractivity contribution < 1.29 is 9.90 Å². The number of nitrogens with zero attached hydrogens (tertiary/aromatic N) is 2. The van der Waals surface area contributed by atoms with Gasteiger partial charge in [-0.2, -0.15) is 0 Å². The van der Waals surface area contributed by atoms with Crippen LogP contribution in [0, 0.1) is 5.92 Å². The summed E-state index contributed by atoms with van der Waals surface area (Å²) in [5.41, 5.74) is 0.727. The first kappa shape index (κ1) is 14.4. The number of hydrogen-bond acceptors (Lipinski definition) is 3. The Morgan fingerprint density at radius 2 is 2.10 bits per heavy atom. The molecule has 1 amide bonds. The van der Waals surface area contributed by atoms with Crippen molar-refractivity contribution in [2.24, 2.45) is 5.92 Å². The van der Waals surface area contributed by atoms with Crippen LogP contribution in [0.5, 0.6) is 5.75 Å². The molecular formula is C17H24N2O2. The summed E-state index contributed by atoms with van der Waals surface area (Å²) >= 11 is 0. The van der Waals surface area contributed by atoms with E-state index in [1.807, 2.05) is 17.0 Å². The van der Waals surface area contributed by atoms with Crippen LogP contribution < -0.4 is 0 Å². The molecule has 3 rings (SSSR count). The normalized spacial score (nSPS) is 26.4. The standard InChI is InChI=1S/C17H24N2O2/c1-18-9-4-6-14-12-19(10-8-15(14)18)17(21)11-13-5-2-3-7-16(13)20/h2-3,5,7,14-15,20H,4,6,8-12H2,1H3. The summed E-state index contributed by atoms with van der Waals surface area (Å²) in [7, 11) is 2.20. The van der Waals surface area contributed by atoms with Gasteiger partial charge in [-0.15, -0.1) is 0 Å². The average molecular weight is 288 g/mol. The number of hydrogen-bond donors (Lipinski definition) is 1. The van der Waals surface area contributed by atoms with Gasteiger partial charge >= 0.3 is 0 Å². The highest BCUT2D eigenvalue weighted by Gasteiger charge is 2.35. The van der Waals surface area contributed by atoms with E-state index in [1.54, 1.807) is 12.1 Å². The van der Waals surface area contributed by atoms with Crippen molar-refractivity contribution in [3.63, 3.8) is 0 Å². The number of fused-ring (bicyclic) bond motifs is 1. The molecule has 1 aromatic carbocycles. The number of carbonyl (C=O) groups is 1. The molecular weight excluding hydrogens is 264 g/mol. The van der Waals surface area contributed by atoms with Crippen LogP contribution in [0.4, 0.5) is 0 Å². The van der Waals surface area contributed by atoms with Gasteiger partial charge in [0.05, 0.1) is 6.42 Å². The molecule has 2 aliphatic heterocycles. The number of benzene rings is 1. The minimum absolute atomic E-state index is 0.142. The molecule has 2 heterocycles. The molecule has 0 radical (unpaired) electrons. The van der Waals surface area contributed by atoms with Gasteiger partial charge in [0, 0.05) is 24.7 Å². The van der Waals surface area contributed by atoms with Crippen molar-refractivity contribution in [3.8, 4) is 5.75 Å². The molecule has 114 valence electrons. The number of phenols is 1. The Hall–Kier alpha value is -1.55. The molecule has 1 aromatic rings. The van der Waals surface area contributed by atoms with Crippen molar-refractivity contribution in [2.75, 3.05) is 26.7 Å². The summed E-state index contributed by atoms with van der Waals surface area (Å²) < 4.78 is 0. The molecule has 0 spiro atoms. The van der Waals surface area contributed by atoms with Gasteiger partial charge < -0.3 is 14.9 Å². The van der Waals surface area contributed by atoms with E-state index in [0.29, 0.717) is 18.4 Å².